The van der Waals surface area contributed by atoms with E-state index in [1.807, 2.05) is 36.4 Å². The fraction of sp³-hybridized carbons (Fsp3) is 0.500. The van der Waals surface area contributed by atoms with Crippen LogP contribution in [-0.4, -0.2) is 70.4 Å². The summed E-state index contributed by atoms with van der Waals surface area (Å²) in [6, 6.07) is 21.8. The van der Waals surface area contributed by atoms with Crippen LogP contribution in [0.2, 0.25) is 5.02 Å². The first kappa shape index (κ1) is 43.4. The van der Waals surface area contributed by atoms with E-state index < -0.39 is 12.2 Å². The molecule has 5 rings (SSSR count). The van der Waals surface area contributed by atoms with Gasteiger partial charge >= 0.3 is 0 Å². The number of anilines is 1. The minimum absolute atomic E-state index is 0. The summed E-state index contributed by atoms with van der Waals surface area (Å²) in [7, 11) is 1.61. The number of para-hydroxylation sites is 1. The van der Waals surface area contributed by atoms with Gasteiger partial charge in [-0.25, -0.2) is 0 Å². The molecule has 2 aliphatic heterocycles. The second-order valence-electron chi connectivity index (χ2n) is 14.4. The first-order chi connectivity index (χ1) is 24.1. The molecule has 0 bridgehead atoms. The fourth-order valence-corrected chi connectivity index (χ4v) is 6.82. The first-order valence-corrected chi connectivity index (χ1v) is 18.3. The highest BCUT2D eigenvalue weighted by Gasteiger charge is 2.40. The van der Waals surface area contributed by atoms with Gasteiger partial charge in [0, 0.05) is 34.4 Å². The van der Waals surface area contributed by atoms with Crippen LogP contribution in [-0.2, 0) is 20.7 Å². The van der Waals surface area contributed by atoms with Crippen LogP contribution in [0.25, 0.3) is 0 Å². The van der Waals surface area contributed by atoms with Crippen molar-refractivity contribution in [3.8, 4) is 11.5 Å². The summed E-state index contributed by atoms with van der Waals surface area (Å²) in [4.78, 5) is 29.5. The van der Waals surface area contributed by atoms with E-state index in [2.05, 4.69) is 61.0 Å². The van der Waals surface area contributed by atoms with Crippen LogP contribution in [0.5, 0.6) is 11.5 Å². The molecule has 0 aromatic heterocycles. The molecule has 9 nitrogen and oxygen atoms in total. The Kier molecular flexibility index (Phi) is 17.5. The highest BCUT2D eigenvalue weighted by Crippen LogP contribution is 2.45. The fourth-order valence-electron chi connectivity index (χ4n) is 6.64. The van der Waals surface area contributed by atoms with E-state index in [4.69, 9.17) is 25.8 Å². The standard InChI is InChI=1S/C40H53ClN4O5.2ClH/c1-40(2,3)27-45-33-17-16-29(41)25-32(33)37(50-35(39(45)47)26-36(46)44-30-18-22-43-23-19-30)31-14-8-15-34(38(31)48-4)49-24-10-21-42-20-9-13-28-11-6-5-7-12-28;;/h5-8,11-12,14-17,25,30,35,37,42-43H,9-10,13,18-24,26-27H2,1-4H3,(H,44,46);2*1H/t35-,37-;;/m1../s1. The van der Waals surface area contributed by atoms with Crippen molar-refractivity contribution < 1.29 is 23.8 Å². The van der Waals surface area contributed by atoms with Gasteiger partial charge in [0.25, 0.3) is 5.91 Å². The number of hydrogen-bond acceptors (Lipinski definition) is 7. The summed E-state index contributed by atoms with van der Waals surface area (Å²) in [5.74, 6) is 0.651. The molecule has 0 radical (unpaired) electrons. The smallest absolute Gasteiger partial charge is 0.256 e. The van der Waals surface area contributed by atoms with Gasteiger partial charge in [-0.1, -0.05) is 74.8 Å². The van der Waals surface area contributed by atoms with Gasteiger partial charge in [-0.2, -0.15) is 0 Å². The summed E-state index contributed by atoms with van der Waals surface area (Å²) in [5.41, 5.74) is 3.25. The van der Waals surface area contributed by atoms with Crippen LogP contribution in [0.4, 0.5) is 5.69 Å². The topological polar surface area (TPSA) is 101 Å². The van der Waals surface area contributed by atoms with Crippen molar-refractivity contribution >= 4 is 53.9 Å². The number of piperidine rings is 1. The van der Waals surface area contributed by atoms with Gasteiger partial charge in [0.2, 0.25) is 5.91 Å². The van der Waals surface area contributed by atoms with E-state index in [0.29, 0.717) is 40.9 Å². The van der Waals surface area contributed by atoms with Gasteiger partial charge < -0.3 is 35.1 Å². The average Bonchev–Trinajstić information content (AvgIpc) is 3.19. The molecular weight excluding hydrogens is 723 g/mol. The van der Waals surface area contributed by atoms with E-state index in [0.717, 1.165) is 63.8 Å². The summed E-state index contributed by atoms with van der Waals surface area (Å²) < 4.78 is 19.0. The number of amides is 2. The van der Waals surface area contributed by atoms with Crippen LogP contribution in [0.3, 0.4) is 0 Å². The van der Waals surface area contributed by atoms with Crippen LogP contribution < -0.4 is 30.3 Å². The molecular formula is C40H55Cl3N4O5. The molecule has 0 saturated carbocycles. The molecule has 12 heteroatoms. The number of methoxy groups -OCH3 is 1. The van der Waals surface area contributed by atoms with Gasteiger partial charge in [-0.05, 0) is 93.5 Å². The van der Waals surface area contributed by atoms with Gasteiger partial charge in [0.05, 0.1) is 20.1 Å². The predicted octanol–water partition coefficient (Wildman–Crippen LogP) is 7.31. The highest BCUT2D eigenvalue weighted by molar-refractivity contribution is 6.30. The number of carbonyl (C=O) groups excluding carboxylic acids is 2. The molecule has 1 saturated heterocycles. The molecule has 2 atom stereocenters. The Morgan fingerprint density at radius 3 is 2.42 bits per heavy atom. The van der Waals surface area contributed by atoms with Crippen molar-refractivity contribution in [2.45, 2.75) is 77.5 Å². The summed E-state index contributed by atoms with van der Waals surface area (Å²) in [5, 5.41) is 10.5. The number of halogens is 3. The molecule has 0 spiro atoms. The second-order valence-corrected chi connectivity index (χ2v) is 14.8. The molecule has 2 heterocycles. The largest absolute Gasteiger partial charge is 0.492 e. The van der Waals surface area contributed by atoms with Crippen molar-refractivity contribution in [3.63, 3.8) is 0 Å². The van der Waals surface area contributed by atoms with Crippen LogP contribution in [0.15, 0.2) is 66.7 Å². The maximum absolute atomic E-state index is 14.4. The lowest BCUT2D eigenvalue weighted by atomic mass is 9.94. The van der Waals surface area contributed by atoms with Crippen LogP contribution >= 0.6 is 36.4 Å². The zero-order valence-corrected chi connectivity index (χ0v) is 33.1. The second kappa shape index (κ2) is 21.0. The Bertz CT molecular complexity index is 1570. The minimum Gasteiger partial charge on any atom is -0.492 e. The van der Waals surface area contributed by atoms with E-state index in [1.54, 1.807) is 18.1 Å². The maximum atomic E-state index is 14.4. The molecule has 0 aliphatic carbocycles. The molecule has 52 heavy (non-hydrogen) atoms. The van der Waals surface area contributed by atoms with Crippen molar-refractivity contribution in [1.29, 1.82) is 0 Å². The van der Waals surface area contributed by atoms with E-state index in [-0.39, 0.29) is 54.5 Å². The summed E-state index contributed by atoms with van der Waals surface area (Å²) >= 11 is 6.60. The molecule has 1 fully saturated rings. The molecule has 286 valence electrons. The molecule has 2 amide bonds. The number of nitrogens with one attached hydrogen (secondary N) is 3. The zero-order valence-electron chi connectivity index (χ0n) is 30.8. The normalized spacial score (nSPS) is 17.6. The number of aryl methyl sites for hydroxylation is 1. The number of rotatable bonds is 15. The van der Waals surface area contributed by atoms with Gasteiger partial charge in [0.15, 0.2) is 11.5 Å². The average molecular weight is 778 g/mol. The molecule has 3 aromatic carbocycles. The van der Waals surface area contributed by atoms with Crippen LogP contribution in [0, 0.1) is 5.41 Å². The van der Waals surface area contributed by atoms with E-state index in [1.165, 1.54) is 5.56 Å². The summed E-state index contributed by atoms with van der Waals surface area (Å²) in [6.45, 7) is 10.7. The number of ether oxygens (including phenoxy) is 3. The lowest BCUT2D eigenvalue weighted by molar-refractivity contribution is -0.138. The maximum Gasteiger partial charge on any atom is 0.256 e. The number of carbonyl (C=O) groups is 2. The van der Waals surface area contributed by atoms with E-state index >= 15 is 0 Å². The Labute approximate surface area is 326 Å². The third kappa shape index (κ3) is 12.3. The SMILES string of the molecule is COc1c(OCCCNCCCc2ccccc2)cccc1[C@H]1O[C@H](CC(=O)NC2CCNCC2)C(=O)N(CC(C)(C)C)c2ccc(Cl)cc21.Cl.Cl. The Morgan fingerprint density at radius 2 is 1.71 bits per heavy atom. The quantitative estimate of drug-likeness (QED) is 0.139. The number of hydrogen-bond donors (Lipinski definition) is 3. The molecule has 3 aromatic rings. The van der Waals surface area contributed by atoms with Crippen molar-refractivity contribution in [3.05, 3.63) is 88.4 Å². The predicted molar refractivity (Wildman–Crippen MR) is 214 cm³/mol. The highest BCUT2D eigenvalue weighted by atomic mass is 35.5. The van der Waals surface area contributed by atoms with Gasteiger partial charge in [0.1, 0.15) is 12.2 Å². The minimum atomic E-state index is -1.03. The monoisotopic (exact) mass is 776 g/mol. The van der Waals surface area contributed by atoms with Crippen molar-refractivity contribution in [1.82, 2.24) is 16.0 Å². The van der Waals surface area contributed by atoms with Crippen molar-refractivity contribution in [2.75, 3.05) is 51.3 Å². The molecule has 3 N–H and O–H groups in total. The summed E-state index contributed by atoms with van der Waals surface area (Å²) in [6.07, 6.45) is 2.76. The van der Waals surface area contributed by atoms with Crippen LogP contribution in [0.1, 0.15) is 75.7 Å². The van der Waals surface area contributed by atoms with Gasteiger partial charge in [-0.15, -0.1) is 24.8 Å². The third-order valence-electron chi connectivity index (χ3n) is 9.03. The Hall–Kier alpha value is -3.05. The number of benzene rings is 3. The lowest BCUT2D eigenvalue weighted by Crippen LogP contribution is -2.47. The van der Waals surface area contributed by atoms with Crippen molar-refractivity contribution in [2.24, 2.45) is 5.41 Å². The number of nitrogens with zero attached hydrogens (tertiary/aromatic N) is 1. The molecule has 2 aliphatic rings. The Balaban J connectivity index is 0.00000364. The lowest BCUT2D eigenvalue weighted by Gasteiger charge is -2.31. The number of fused-ring (bicyclic) bond motifs is 1. The van der Waals surface area contributed by atoms with E-state index in [9.17, 15) is 9.59 Å². The third-order valence-corrected chi connectivity index (χ3v) is 9.26. The molecule has 0 unspecified atom stereocenters. The zero-order chi connectivity index (χ0) is 35.5. The van der Waals surface area contributed by atoms with Gasteiger partial charge in [-0.3, -0.25) is 9.59 Å². The Morgan fingerprint density at radius 1 is 0.981 bits per heavy atom. The first-order valence-electron chi connectivity index (χ1n) is 17.9.